The van der Waals surface area contributed by atoms with Crippen LogP contribution in [-0.4, -0.2) is 43.5 Å². The molecule has 0 radical (unpaired) electrons. The molecule has 3 aromatic rings. The van der Waals surface area contributed by atoms with Crippen LogP contribution in [-0.2, 0) is 6.42 Å². The van der Waals surface area contributed by atoms with Crippen LogP contribution in [0.25, 0.3) is 11.5 Å². The summed E-state index contributed by atoms with van der Waals surface area (Å²) in [5.41, 5.74) is 1.49. The van der Waals surface area contributed by atoms with Crippen LogP contribution in [0.15, 0.2) is 53.6 Å². The van der Waals surface area contributed by atoms with E-state index in [2.05, 4.69) is 20.1 Å². The van der Waals surface area contributed by atoms with Crippen molar-refractivity contribution in [1.29, 1.82) is 0 Å². The van der Waals surface area contributed by atoms with Gasteiger partial charge < -0.3 is 9.42 Å². The molecule has 4 heterocycles. The minimum Gasteiger partial charge on any atom is -0.336 e. The summed E-state index contributed by atoms with van der Waals surface area (Å²) in [7, 11) is 0. The summed E-state index contributed by atoms with van der Waals surface area (Å²) >= 11 is 0. The number of hydrogen-bond acceptors (Lipinski definition) is 6. The Bertz CT molecular complexity index is 866. The first kappa shape index (κ1) is 16.4. The number of hydrogen-bond donors (Lipinski definition) is 0. The van der Waals surface area contributed by atoms with Crippen molar-refractivity contribution in [3.05, 3.63) is 60.4 Å². The second-order valence-electron chi connectivity index (χ2n) is 6.33. The molecule has 0 aliphatic carbocycles. The van der Waals surface area contributed by atoms with Gasteiger partial charge in [-0.1, -0.05) is 5.16 Å². The Kier molecular flexibility index (Phi) is 4.68. The van der Waals surface area contributed by atoms with E-state index in [0.29, 0.717) is 23.7 Å². The van der Waals surface area contributed by atoms with E-state index in [-0.39, 0.29) is 11.9 Å². The Hall–Kier alpha value is -3.09. The Morgan fingerprint density at radius 3 is 2.88 bits per heavy atom. The van der Waals surface area contributed by atoms with E-state index in [1.165, 1.54) is 0 Å². The van der Waals surface area contributed by atoms with Crippen LogP contribution in [0.5, 0.6) is 0 Å². The largest absolute Gasteiger partial charge is 0.336 e. The monoisotopic (exact) mass is 349 g/mol. The number of amides is 1. The van der Waals surface area contributed by atoms with E-state index in [9.17, 15) is 4.79 Å². The van der Waals surface area contributed by atoms with Gasteiger partial charge in [-0.05, 0) is 43.5 Å². The third-order valence-electron chi connectivity index (χ3n) is 4.64. The molecular formula is C19H19N5O2. The molecule has 1 atom stereocenters. The maximum absolute atomic E-state index is 12.7. The molecule has 1 fully saturated rings. The van der Waals surface area contributed by atoms with Gasteiger partial charge in [0, 0.05) is 49.4 Å². The highest BCUT2D eigenvalue weighted by atomic mass is 16.5. The van der Waals surface area contributed by atoms with Crippen molar-refractivity contribution in [3.8, 4) is 11.5 Å². The fourth-order valence-corrected chi connectivity index (χ4v) is 3.32. The molecule has 132 valence electrons. The Balaban J connectivity index is 1.40. The SMILES string of the molecule is O=C(c1ccncc1)N1CCCC1CCc1noc(-c2cccnc2)n1. The van der Waals surface area contributed by atoms with Crippen LogP contribution in [0.3, 0.4) is 0 Å². The molecule has 0 aromatic carbocycles. The van der Waals surface area contributed by atoms with Crippen molar-refractivity contribution in [2.45, 2.75) is 31.7 Å². The lowest BCUT2D eigenvalue weighted by atomic mass is 10.1. The lowest BCUT2D eigenvalue weighted by molar-refractivity contribution is 0.0730. The molecule has 0 spiro atoms. The van der Waals surface area contributed by atoms with Gasteiger partial charge >= 0.3 is 0 Å². The number of carbonyl (C=O) groups is 1. The van der Waals surface area contributed by atoms with Gasteiger partial charge in [0.05, 0.1) is 5.56 Å². The molecule has 4 rings (SSSR count). The summed E-state index contributed by atoms with van der Waals surface area (Å²) in [4.78, 5) is 27.1. The van der Waals surface area contributed by atoms with Crippen LogP contribution in [0.2, 0.25) is 0 Å². The number of rotatable bonds is 5. The first-order valence-corrected chi connectivity index (χ1v) is 8.75. The minimum absolute atomic E-state index is 0.0686. The van der Waals surface area contributed by atoms with E-state index in [1.807, 2.05) is 17.0 Å². The first-order chi connectivity index (χ1) is 12.8. The van der Waals surface area contributed by atoms with Crippen LogP contribution < -0.4 is 0 Å². The Morgan fingerprint density at radius 1 is 1.19 bits per heavy atom. The zero-order valence-electron chi connectivity index (χ0n) is 14.3. The Morgan fingerprint density at radius 2 is 2.08 bits per heavy atom. The van der Waals surface area contributed by atoms with Crippen LogP contribution in [0.1, 0.15) is 35.4 Å². The van der Waals surface area contributed by atoms with Gasteiger partial charge in [-0.3, -0.25) is 14.8 Å². The quantitative estimate of drug-likeness (QED) is 0.704. The third kappa shape index (κ3) is 3.46. The molecule has 1 saturated heterocycles. The third-order valence-corrected chi connectivity index (χ3v) is 4.64. The lowest BCUT2D eigenvalue weighted by Crippen LogP contribution is -2.35. The molecule has 7 heteroatoms. The predicted octanol–water partition coefficient (Wildman–Crippen LogP) is 2.76. The number of pyridine rings is 2. The summed E-state index contributed by atoms with van der Waals surface area (Å²) in [5, 5.41) is 4.06. The fourth-order valence-electron chi connectivity index (χ4n) is 3.32. The van der Waals surface area contributed by atoms with E-state index < -0.39 is 0 Å². The van der Waals surface area contributed by atoms with E-state index in [0.717, 1.165) is 31.4 Å². The topological polar surface area (TPSA) is 85.0 Å². The highest BCUT2D eigenvalue weighted by Gasteiger charge is 2.29. The molecule has 1 unspecified atom stereocenters. The van der Waals surface area contributed by atoms with Gasteiger partial charge in [-0.2, -0.15) is 4.98 Å². The number of likely N-dealkylation sites (tertiary alicyclic amines) is 1. The molecule has 1 amide bonds. The summed E-state index contributed by atoms with van der Waals surface area (Å²) in [5.74, 6) is 1.20. The van der Waals surface area contributed by atoms with Gasteiger partial charge in [-0.15, -0.1) is 0 Å². The maximum atomic E-state index is 12.7. The highest BCUT2D eigenvalue weighted by Crippen LogP contribution is 2.24. The second-order valence-corrected chi connectivity index (χ2v) is 6.33. The molecule has 1 aliphatic heterocycles. The summed E-state index contributed by atoms with van der Waals surface area (Å²) in [6, 6.07) is 7.45. The normalized spacial score (nSPS) is 16.8. The first-order valence-electron chi connectivity index (χ1n) is 8.75. The summed E-state index contributed by atoms with van der Waals surface area (Å²) < 4.78 is 5.32. The lowest BCUT2D eigenvalue weighted by Gasteiger charge is -2.24. The van der Waals surface area contributed by atoms with Gasteiger partial charge in [0.15, 0.2) is 5.82 Å². The fraction of sp³-hybridized carbons (Fsp3) is 0.316. The molecule has 0 bridgehead atoms. The van der Waals surface area contributed by atoms with Gasteiger partial charge in [0.1, 0.15) is 0 Å². The number of aryl methyl sites for hydroxylation is 1. The van der Waals surface area contributed by atoms with E-state index in [1.54, 1.807) is 36.9 Å². The standard InChI is InChI=1S/C19H19N5O2/c25-19(14-7-10-20-11-8-14)24-12-2-4-16(24)5-6-17-22-18(26-23-17)15-3-1-9-21-13-15/h1,3,7-11,13,16H,2,4-6,12H2. The van der Waals surface area contributed by atoms with Crippen LogP contribution in [0.4, 0.5) is 0 Å². The van der Waals surface area contributed by atoms with Crippen molar-refractivity contribution >= 4 is 5.91 Å². The smallest absolute Gasteiger partial charge is 0.259 e. The van der Waals surface area contributed by atoms with Crippen molar-refractivity contribution in [1.82, 2.24) is 25.0 Å². The van der Waals surface area contributed by atoms with Crippen LogP contribution >= 0.6 is 0 Å². The highest BCUT2D eigenvalue weighted by molar-refractivity contribution is 5.94. The van der Waals surface area contributed by atoms with Crippen molar-refractivity contribution < 1.29 is 9.32 Å². The maximum Gasteiger partial charge on any atom is 0.259 e. The van der Waals surface area contributed by atoms with Gasteiger partial charge in [0.25, 0.3) is 11.8 Å². The van der Waals surface area contributed by atoms with Gasteiger partial charge in [0.2, 0.25) is 0 Å². The van der Waals surface area contributed by atoms with Crippen molar-refractivity contribution in [3.63, 3.8) is 0 Å². The van der Waals surface area contributed by atoms with Crippen molar-refractivity contribution in [2.75, 3.05) is 6.54 Å². The molecule has 0 N–H and O–H groups in total. The number of nitrogens with zero attached hydrogens (tertiary/aromatic N) is 5. The molecule has 3 aromatic heterocycles. The van der Waals surface area contributed by atoms with E-state index >= 15 is 0 Å². The van der Waals surface area contributed by atoms with Crippen molar-refractivity contribution in [2.24, 2.45) is 0 Å². The Labute approximate surface area is 151 Å². The predicted molar refractivity (Wildman–Crippen MR) is 94.1 cm³/mol. The minimum atomic E-state index is 0.0686. The molecule has 0 saturated carbocycles. The molecule has 1 aliphatic rings. The van der Waals surface area contributed by atoms with Gasteiger partial charge in [-0.25, -0.2) is 0 Å². The van der Waals surface area contributed by atoms with Crippen LogP contribution in [0, 0.1) is 0 Å². The molecule has 26 heavy (non-hydrogen) atoms. The molecule has 7 nitrogen and oxygen atoms in total. The zero-order valence-corrected chi connectivity index (χ0v) is 14.3. The van der Waals surface area contributed by atoms with E-state index in [4.69, 9.17) is 4.52 Å². The zero-order chi connectivity index (χ0) is 17.8. The number of aromatic nitrogens is 4. The average Bonchev–Trinajstić information content (AvgIpc) is 3.36. The second kappa shape index (κ2) is 7.43. The summed E-state index contributed by atoms with van der Waals surface area (Å²) in [6.07, 6.45) is 10.2. The molecular weight excluding hydrogens is 330 g/mol. The summed E-state index contributed by atoms with van der Waals surface area (Å²) in [6.45, 7) is 0.791. The number of carbonyl (C=O) groups excluding carboxylic acids is 1. The average molecular weight is 349 g/mol.